The molecule has 6 nitrogen and oxygen atoms in total. The van der Waals surface area contributed by atoms with Gasteiger partial charge in [-0.2, -0.15) is 0 Å². The van der Waals surface area contributed by atoms with Crippen LogP contribution in [-0.4, -0.2) is 36.7 Å². The highest BCUT2D eigenvalue weighted by atomic mass is 32.2. The summed E-state index contributed by atoms with van der Waals surface area (Å²) in [6.07, 6.45) is -0.529. The molecule has 0 fully saturated rings. The van der Waals surface area contributed by atoms with E-state index in [-0.39, 0.29) is 10.8 Å². The Labute approximate surface area is 109 Å². The average Bonchev–Trinajstić information content (AvgIpc) is 2.61. The molecule has 8 heteroatoms. The summed E-state index contributed by atoms with van der Waals surface area (Å²) >= 11 is 1.11. The van der Waals surface area contributed by atoms with Crippen LogP contribution in [0.2, 0.25) is 0 Å². The van der Waals surface area contributed by atoms with Gasteiger partial charge in [0.2, 0.25) is 10.0 Å². The molecule has 102 valence electrons. The monoisotopic (exact) mass is 293 g/mol. The average molecular weight is 293 g/mol. The number of carboxylic acid groups (broad SMARTS) is 1. The van der Waals surface area contributed by atoms with Crippen molar-refractivity contribution >= 4 is 27.3 Å². The second kappa shape index (κ2) is 5.35. The van der Waals surface area contributed by atoms with E-state index in [1.165, 1.54) is 13.0 Å². The highest BCUT2D eigenvalue weighted by Crippen LogP contribution is 2.20. The number of hydrogen-bond acceptors (Lipinski definition) is 5. The molecule has 1 aromatic rings. The number of carbonyl (C=O) groups is 1. The zero-order chi connectivity index (χ0) is 14.0. The molecule has 1 unspecified atom stereocenters. The molecule has 0 bridgehead atoms. The lowest BCUT2D eigenvalue weighted by Crippen LogP contribution is -2.41. The lowest BCUT2D eigenvalue weighted by atomic mass is 10.0. The van der Waals surface area contributed by atoms with Gasteiger partial charge in [0.1, 0.15) is 4.21 Å². The van der Waals surface area contributed by atoms with Crippen molar-refractivity contribution in [3.63, 3.8) is 0 Å². The molecule has 0 aliphatic heterocycles. The second-order valence-electron chi connectivity index (χ2n) is 4.26. The Morgan fingerprint density at radius 3 is 2.56 bits per heavy atom. The van der Waals surface area contributed by atoms with Crippen LogP contribution in [0.4, 0.5) is 0 Å². The van der Waals surface area contributed by atoms with E-state index >= 15 is 0 Å². The maximum Gasteiger partial charge on any atom is 0.306 e. The molecular weight excluding hydrogens is 278 g/mol. The Hall–Kier alpha value is -0.960. The van der Waals surface area contributed by atoms with Crippen molar-refractivity contribution in [2.45, 2.75) is 30.1 Å². The predicted octanol–water partition coefficient (Wildman–Crippen LogP) is 0.561. The fourth-order valence-electron chi connectivity index (χ4n) is 1.27. The van der Waals surface area contributed by atoms with E-state index in [0.29, 0.717) is 0 Å². The van der Waals surface area contributed by atoms with Crippen LogP contribution in [0, 0.1) is 6.92 Å². The first-order valence-electron chi connectivity index (χ1n) is 5.13. The normalized spacial score (nSPS) is 15.3. The number of hydrogen-bond donors (Lipinski definition) is 3. The number of sulfonamides is 1. The Morgan fingerprint density at radius 1 is 1.50 bits per heavy atom. The predicted molar refractivity (Wildman–Crippen MR) is 67.1 cm³/mol. The summed E-state index contributed by atoms with van der Waals surface area (Å²) in [5.74, 6) is -1.19. The topological polar surface area (TPSA) is 104 Å². The van der Waals surface area contributed by atoms with E-state index in [9.17, 15) is 18.3 Å². The van der Waals surface area contributed by atoms with Crippen LogP contribution in [0.25, 0.3) is 0 Å². The van der Waals surface area contributed by atoms with Crippen molar-refractivity contribution < 1.29 is 23.4 Å². The molecule has 0 radical (unpaired) electrons. The summed E-state index contributed by atoms with van der Waals surface area (Å²) in [6, 6.07) is 3.14. The van der Waals surface area contributed by atoms with Gasteiger partial charge in [0.05, 0.1) is 12.0 Å². The Bertz CT molecular complexity index is 532. The molecule has 3 N–H and O–H groups in total. The van der Waals surface area contributed by atoms with Crippen molar-refractivity contribution in [3.05, 3.63) is 17.0 Å². The first-order valence-corrected chi connectivity index (χ1v) is 7.43. The van der Waals surface area contributed by atoms with Crippen LogP contribution in [-0.2, 0) is 14.8 Å². The minimum Gasteiger partial charge on any atom is -0.481 e. The summed E-state index contributed by atoms with van der Waals surface area (Å²) in [6.45, 7) is 2.70. The van der Waals surface area contributed by atoms with Gasteiger partial charge in [-0.25, -0.2) is 13.1 Å². The van der Waals surface area contributed by atoms with E-state index in [1.54, 1.807) is 13.0 Å². The molecule has 1 heterocycles. The molecule has 0 saturated heterocycles. The van der Waals surface area contributed by atoms with E-state index < -0.39 is 28.0 Å². The van der Waals surface area contributed by atoms with Crippen LogP contribution >= 0.6 is 11.3 Å². The minimum absolute atomic E-state index is 0.145. The van der Waals surface area contributed by atoms with Crippen molar-refractivity contribution in [2.24, 2.45) is 0 Å². The molecule has 0 aliphatic carbocycles. The highest BCUT2D eigenvalue weighted by molar-refractivity contribution is 7.91. The van der Waals surface area contributed by atoms with Crippen molar-refractivity contribution in [1.29, 1.82) is 0 Å². The number of aryl methyl sites for hydroxylation is 1. The van der Waals surface area contributed by atoms with Crippen LogP contribution in [0.15, 0.2) is 16.3 Å². The van der Waals surface area contributed by atoms with Gasteiger partial charge in [-0.1, -0.05) is 0 Å². The zero-order valence-corrected chi connectivity index (χ0v) is 11.6. The summed E-state index contributed by atoms with van der Waals surface area (Å²) in [5, 5.41) is 18.3. The molecule has 1 rings (SSSR count). The van der Waals surface area contributed by atoms with Crippen molar-refractivity contribution in [3.8, 4) is 0 Å². The van der Waals surface area contributed by atoms with Crippen LogP contribution < -0.4 is 4.72 Å². The van der Waals surface area contributed by atoms with E-state index in [2.05, 4.69) is 4.72 Å². The molecular formula is C10H15NO5S2. The van der Waals surface area contributed by atoms with Gasteiger partial charge in [-0.05, 0) is 26.0 Å². The first kappa shape index (κ1) is 15.1. The Kier molecular flexibility index (Phi) is 4.49. The van der Waals surface area contributed by atoms with Gasteiger partial charge in [-0.15, -0.1) is 11.3 Å². The van der Waals surface area contributed by atoms with Crippen LogP contribution in [0.3, 0.4) is 0 Å². The van der Waals surface area contributed by atoms with Crippen LogP contribution in [0.5, 0.6) is 0 Å². The van der Waals surface area contributed by atoms with Gasteiger partial charge >= 0.3 is 5.97 Å². The minimum atomic E-state index is -3.69. The van der Waals surface area contributed by atoms with E-state index in [1.807, 2.05) is 0 Å². The molecule has 0 aliphatic rings. The third kappa shape index (κ3) is 4.37. The largest absolute Gasteiger partial charge is 0.481 e. The fourth-order valence-corrected chi connectivity index (χ4v) is 3.76. The van der Waals surface area contributed by atoms with Gasteiger partial charge < -0.3 is 10.2 Å². The maximum absolute atomic E-state index is 11.8. The lowest BCUT2D eigenvalue weighted by molar-refractivity contribution is -0.141. The molecule has 0 aromatic carbocycles. The first-order chi connectivity index (χ1) is 8.12. The summed E-state index contributed by atoms with van der Waals surface area (Å²) < 4.78 is 26.0. The number of aliphatic carboxylic acids is 1. The molecule has 0 saturated carbocycles. The van der Waals surface area contributed by atoms with Gasteiger partial charge in [0.25, 0.3) is 0 Å². The standard InChI is InChI=1S/C10H15NO5S2/c1-7-3-4-9(17-7)18(15,16)11-6-10(2,14)5-8(12)13/h3-4,11,14H,5-6H2,1-2H3,(H,12,13). The highest BCUT2D eigenvalue weighted by Gasteiger charge is 2.27. The summed E-state index contributed by atoms with van der Waals surface area (Å²) in [5.41, 5.74) is -1.62. The molecule has 1 aromatic heterocycles. The smallest absolute Gasteiger partial charge is 0.306 e. The van der Waals surface area contributed by atoms with Gasteiger partial charge in [-0.3, -0.25) is 4.79 Å². The molecule has 1 atom stereocenters. The van der Waals surface area contributed by atoms with Crippen LogP contribution in [0.1, 0.15) is 18.2 Å². The maximum atomic E-state index is 11.8. The van der Waals surface area contributed by atoms with E-state index in [0.717, 1.165) is 16.2 Å². The molecule has 0 spiro atoms. The van der Waals surface area contributed by atoms with Gasteiger partial charge in [0.15, 0.2) is 0 Å². The van der Waals surface area contributed by atoms with E-state index in [4.69, 9.17) is 5.11 Å². The number of rotatable bonds is 6. The van der Waals surface area contributed by atoms with Gasteiger partial charge in [0, 0.05) is 11.4 Å². The number of aliphatic hydroxyl groups is 1. The quantitative estimate of drug-likeness (QED) is 0.711. The summed E-state index contributed by atoms with van der Waals surface area (Å²) in [4.78, 5) is 11.3. The lowest BCUT2D eigenvalue weighted by Gasteiger charge is -2.21. The number of nitrogens with one attached hydrogen (secondary N) is 1. The number of carboxylic acids is 1. The Morgan fingerprint density at radius 2 is 2.11 bits per heavy atom. The SMILES string of the molecule is Cc1ccc(S(=O)(=O)NCC(C)(O)CC(=O)O)s1. The molecule has 0 amide bonds. The molecule has 18 heavy (non-hydrogen) atoms. The van der Waals surface area contributed by atoms with Crippen molar-refractivity contribution in [1.82, 2.24) is 4.72 Å². The summed E-state index contributed by atoms with van der Waals surface area (Å²) in [7, 11) is -3.69. The number of thiophene rings is 1. The second-order valence-corrected chi connectivity index (χ2v) is 7.54. The third-order valence-corrected chi connectivity index (χ3v) is 5.05. The zero-order valence-electron chi connectivity index (χ0n) is 10.0. The Balaban J connectivity index is 2.71. The fraction of sp³-hybridized carbons (Fsp3) is 0.500. The van der Waals surface area contributed by atoms with Crippen molar-refractivity contribution in [2.75, 3.05) is 6.54 Å². The third-order valence-electron chi connectivity index (χ3n) is 2.16.